The highest BCUT2D eigenvalue weighted by atomic mass is 35.5. The quantitative estimate of drug-likeness (QED) is 0.251. The second-order valence-electron chi connectivity index (χ2n) is 8.94. The molecular formula is C28H29ClN4OS. The summed E-state index contributed by atoms with van der Waals surface area (Å²) in [7, 11) is 0. The molecule has 0 spiro atoms. The van der Waals surface area contributed by atoms with Gasteiger partial charge in [-0.2, -0.15) is 0 Å². The molecular weight excluding hydrogens is 476 g/mol. The number of anilines is 1. The first-order valence-electron chi connectivity index (χ1n) is 11.7. The lowest BCUT2D eigenvalue weighted by atomic mass is 10.0. The van der Waals surface area contributed by atoms with Gasteiger partial charge in [0.2, 0.25) is 5.91 Å². The number of carbonyl (C=O) groups excluding carboxylic acids is 1. The van der Waals surface area contributed by atoms with Gasteiger partial charge in [0.15, 0.2) is 11.0 Å². The van der Waals surface area contributed by atoms with Crippen molar-refractivity contribution in [2.24, 2.45) is 0 Å². The molecule has 0 aliphatic carbocycles. The summed E-state index contributed by atoms with van der Waals surface area (Å²) in [6, 6.07) is 23.7. The van der Waals surface area contributed by atoms with Crippen LogP contribution in [0, 0.1) is 0 Å². The summed E-state index contributed by atoms with van der Waals surface area (Å²) < 4.78 is 2.04. The van der Waals surface area contributed by atoms with E-state index in [1.807, 2.05) is 65.2 Å². The minimum absolute atomic E-state index is 0.0807. The molecule has 0 aliphatic rings. The van der Waals surface area contributed by atoms with Gasteiger partial charge in [0.25, 0.3) is 0 Å². The Bertz CT molecular complexity index is 1310. The first-order chi connectivity index (χ1) is 16.8. The number of hydrogen-bond acceptors (Lipinski definition) is 4. The topological polar surface area (TPSA) is 59.8 Å². The van der Waals surface area contributed by atoms with E-state index in [1.165, 1.54) is 17.3 Å². The monoisotopic (exact) mass is 504 g/mol. The number of nitrogens with one attached hydrogen (secondary N) is 1. The Morgan fingerprint density at radius 3 is 2.20 bits per heavy atom. The number of hydrogen-bond donors (Lipinski definition) is 1. The molecule has 5 nitrogen and oxygen atoms in total. The maximum Gasteiger partial charge on any atom is 0.234 e. The predicted molar refractivity (Wildman–Crippen MR) is 146 cm³/mol. The molecule has 1 heterocycles. The Morgan fingerprint density at radius 1 is 0.886 bits per heavy atom. The van der Waals surface area contributed by atoms with E-state index in [0.29, 0.717) is 27.8 Å². The van der Waals surface area contributed by atoms with Gasteiger partial charge in [-0.3, -0.25) is 9.36 Å². The molecule has 1 aromatic heterocycles. The maximum atomic E-state index is 12.9. The van der Waals surface area contributed by atoms with Crippen molar-refractivity contribution in [3.63, 3.8) is 0 Å². The molecule has 0 saturated carbocycles. The van der Waals surface area contributed by atoms with E-state index in [9.17, 15) is 4.79 Å². The number of aromatic nitrogens is 3. The smallest absolute Gasteiger partial charge is 0.234 e. The zero-order chi connectivity index (χ0) is 24.9. The van der Waals surface area contributed by atoms with E-state index < -0.39 is 0 Å². The summed E-state index contributed by atoms with van der Waals surface area (Å²) in [5, 5.41) is 13.4. The van der Waals surface area contributed by atoms with Gasteiger partial charge in [-0.1, -0.05) is 87.5 Å². The first-order valence-corrected chi connectivity index (χ1v) is 13.0. The van der Waals surface area contributed by atoms with E-state index in [2.05, 4.69) is 55.3 Å². The fourth-order valence-electron chi connectivity index (χ4n) is 3.98. The molecule has 0 unspecified atom stereocenters. The lowest BCUT2D eigenvalue weighted by molar-refractivity contribution is -0.113. The van der Waals surface area contributed by atoms with Gasteiger partial charge in [0.05, 0.1) is 11.4 Å². The number of benzene rings is 3. The molecule has 7 heteroatoms. The summed E-state index contributed by atoms with van der Waals surface area (Å²) >= 11 is 7.49. The maximum absolute atomic E-state index is 12.9. The van der Waals surface area contributed by atoms with E-state index in [4.69, 9.17) is 11.6 Å². The van der Waals surface area contributed by atoms with Crippen molar-refractivity contribution >= 4 is 35.0 Å². The number of para-hydroxylation sites is 2. The van der Waals surface area contributed by atoms with Crippen LogP contribution >= 0.6 is 23.4 Å². The Balaban J connectivity index is 1.66. The third kappa shape index (κ3) is 5.77. The van der Waals surface area contributed by atoms with Gasteiger partial charge >= 0.3 is 0 Å². The number of halogens is 1. The van der Waals surface area contributed by atoms with Crippen molar-refractivity contribution in [1.82, 2.24) is 14.8 Å². The minimum Gasteiger partial charge on any atom is -0.325 e. The van der Waals surface area contributed by atoms with Gasteiger partial charge in [-0.25, -0.2) is 0 Å². The molecule has 4 aromatic rings. The summed E-state index contributed by atoms with van der Waals surface area (Å²) in [5.74, 6) is 1.47. The fraction of sp³-hybridized carbons (Fsp3) is 0.250. The van der Waals surface area contributed by atoms with Crippen molar-refractivity contribution in [3.8, 4) is 17.1 Å². The number of amides is 1. The molecule has 0 saturated heterocycles. The zero-order valence-electron chi connectivity index (χ0n) is 20.3. The molecule has 1 amide bonds. The van der Waals surface area contributed by atoms with Crippen LogP contribution in [-0.2, 0) is 4.79 Å². The summed E-state index contributed by atoms with van der Waals surface area (Å²) in [6.07, 6.45) is 0. The van der Waals surface area contributed by atoms with Crippen molar-refractivity contribution < 1.29 is 4.79 Å². The average molecular weight is 505 g/mol. The third-order valence-electron chi connectivity index (χ3n) is 5.72. The Labute approximate surface area is 215 Å². The largest absolute Gasteiger partial charge is 0.325 e. The van der Waals surface area contributed by atoms with Crippen LogP contribution in [0.3, 0.4) is 0 Å². The van der Waals surface area contributed by atoms with E-state index in [1.54, 1.807) is 0 Å². The lowest BCUT2D eigenvalue weighted by Gasteiger charge is -2.17. The van der Waals surface area contributed by atoms with Crippen LogP contribution in [0.2, 0.25) is 5.02 Å². The van der Waals surface area contributed by atoms with E-state index in [0.717, 1.165) is 22.5 Å². The normalized spacial score (nSPS) is 11.3. The third-order valence-corrected chi connectivity index (χ3v) is 6.91. The Hall–Kier alpha value is -3.09. The van der Waals surface area contributed by atoms with E-state index in [-0.39, 0.29) is 11.7 Å². The van der Waals surface area contributed by atoms with Gasteiger partial charge < -0.3 is 5.32 Å². The van der Waals surface area contributed by atoms with Crippen LogP contribution in [0.1, 0.15) is 50.7 Å². The number of thioether (sulfide) groups is 1. The molecule has 4 rings (SSSR count). The summed E-state index contributed by atoms with van der Waals surface area (Å²) in [4.78, 5) is 12.9. The molecule has 35 heavy (non-hydrogen) atoms. The van der Waals surface area contributed by atoms with Gasteiger partial charge in [-0.05, 0) is 59.4 Å². The highest BCUT2D eigenvalue weighted by Crippen LogP contribution is 2.33. The van der Waals surface area contributed by atoms with Crippen LogP contribution < -0.4 is 5.32 Å². The molecule has 1 N–H and O–H groups in total. The highest BCUT2D eigenvalue weighted by Gasteiger charge is 2.20. The van der Waals surface area contributed by atoms with Crippen molar-refractivity contribution in [1.29, 1.82) is 0 Å². The van der Waals surface area contributed by atoms with Crippen LogP contribution in [0.5, 0.6) is 0 Å². The Kier molecular flexibility index (Phi) is 7.93. The van der Waals surface area contributed by atoms with Gasteiger partial charge in [-0.15, -0.1) is 10.2 Å². The average Bonchev–Trinajstić information content (AvgIpc) is 3.27. The van der Waals surface area contributed by atoms with Crippen LogP contribution in [0.15, 0.2) is 78.0 Å². The van der Waals surface area contributed by atoms with Crippen LogP contribution in [0.4, 0.5) is 5.69 Å². The predicted octanol–water partition coefficient (Wildman–Crippen LogP) is 7.57. The number of nitrogens with zero attached hydrogens (tertiary/aromatic N) is 3. The molecule has 3 aromatic carbocycles. The summed E-state index contributed by atoms with van der Waals surface area (Å²) in [6.45, 7) is 8.56. The number of carbonyl (C=O) groups is 1. The SMILES string of the molecule is CC(C)c1ccccc1NC(=O)CSc1nnc(-c2ccc(Cl)cc2)n1-c1ccccc1C(C)C. The van der Waals surface area contributed by atoms with Crippen molar-refractivity contribution in [3.05, 3.63) is 88.9 Å². The van der Waals surface area contributed by atoms with Gasteiger partial charge in [0.1, 0.15) is 0 Å². The number of rotatable bonds is 8. The van der Waals surface area contributed by atoms with Crippen molar-refractivity contribution in [2.75, 3.05) is 11.1 Å². The molecule has 0 fully saturated rings. The molecule has 0 radical (unpaired) electrons. The van der Waals surface area contributed by atoms with Gasteiger partial charge in [0, 0.05) is 16.3 Å². The molecule has 0 bridgehead atoms. The molecule has 0 atom stereocenters. The molecule has 180 valence electrons. The fourth-order valence-corrected chi connectivity index (χ4v) is 4.85. The highest BCUT2D eigenvalue weighted by molar-refractivity contribution is 7.99. The first kappa shape index (κ1) is 25.0. The second kappa shape index (κ2) is 11.1. The van der Waals surface area contributed by atoms with E-state index >= 15 is 0 Å². The summed E-state index contributed by atoms with van der Waals surface area (Å²) in [5.41, 5.74) is 5.05. The second-order valence-corrected chi connectivity index (χ2v) is 10.3. The molecule has 0 aliphatic heterocycles. The lowest BCUT2D eigenvalue weighted by Crippen LogP contribution is -2.16. The zero-order valence-corrected chi connectivity index (χ0v) is 21.9. The standard InChI is InChI=1S/C28H29ClN4OS/c1-18(2)22-9-5-7-11-24(22)30-26(34)17-35-28-32-31-27(20-13-15-21(29)16-14-20)33(28)25-12-8-6-10-23(25)19(3)4/h5-16,18-19H,17H2,1-4H3,(H,30,34). The minimum atomic E-state index is -0.0807. The Morgan fingerprint density at radius 2 is 1.51 bits per heavy atom. The van der Waals surface area contributed by atoms with Crippen LogP contribution in [0.25, 0.3) is 17.1 Å². The van der Waals surface area contributed by atoms with Crippen LogP contribution in [-0.4, -0.2) is 26.4 Å². The van der Waals surface area contributed by atoms with Crippen molar-refractivity contribution in [2.45, 2.75) is 44.7 Å².